The molecule has 0 aliphatic rings. The fraction of sp³-hybridized carbons (Fsp3) is 0.643. The van der Waals surface area contributed by atoms with Gasteiger partial charge in [0.25, 0.3) is 0 Å². The highest BCUT2D eigenvalue weighted by Gasteiger charge is 2.10. The summed E-state index contributed by atoms with van der Waals surface area (Å²) in [6, 6.07) is 1.99. The number of ketones is 1. The van der Waals surface area contributed by atoms with Gasteiger partial charge in [0, 0.05) is 6.42 Å². The Labute approximate surface area is 117 Å². The van der Waals surface area contributed by atoms with Crippen LogP contribution in [0.15, 0.2) is 9.85 Å². The Morgan fingerprint density at radius 1 is 1.24 bits per heavy atom. The highest BCUT2D eigenvalue weighted by molar-refractivity contribution is 9.11. The molecule has 1 aromatic heterocycles. The molecule has 0 saturated carbocycles. The lowest BCUT2D eigenvalue weighted by Gasteiger charge is -1.99. The van der Waals surface area contributed by atoms with Gasteiger partial charge in [-0.05, 0) is 40.9 Å². The van der Waals surface area contributed by atoms with E-state index in [0.29, 0.717) is 12.2 Å². The normalized spacial score (nSPS) is 10.8. The molecule has 0 spiro atoms. The van der Waals surface area contributed by atoms with E-state index in [-0.39, 0.29) is 0 Å². The van der Waals surface area contributed by atoms with Crippen LogP contribution in [0.5, 0.6) is 0 Å². The number of unbranched alkanes of at least 4 members (excludes halogenated alkanes) is 5. The van der Waals surface area contributed by atoms with E-state index in [0.717, 1.165) is 15.1 Å². The first kappa shape index (κ1) is 14.9. The van der Waals surface area contributed by atoms with Gasteiger partial charge in [-0.1, -0.05) is 39.0 Å². The van der Waals surface area contributed by atoms with Crippen LogP contribution in [0.2, 0.25) is 0 Å². The minimum Gasteiger partial charge on any atom is -0.293 e. The third-order valence-corrected chi connectivity index (χ3v) is 5.07. The first-order chi connectivity index (χ1) is 8.15. The van der Waals surface area contributed by atoms with Crippen LogP contribution in [0.4, 0.5) is 0 Å². The Bertz CT molecular complexity index is 338. The average Bonchev–Trinajstić information content (AvgIpc) is 2.64. The number of rotatable bonds is 8. The van der Waals surface area contributed by atoms with Crippen LogP contribution in [0.3, 0.4) is 0 Å². The number of Topliss-reactive ketones (excluding diaryl/α,β-unsaturated/α-hetero) is 1. The maximum atomic E-state index is 11.9. The van der Waals surface area contributed by atoms with E-state index < -0.39 is 0 Å². The SMILES string of the molecule is CCCCCCCCC(=O)c1cc(C)c(Br)s1. The van der Waals surface area contributed by atoms with E-state index in [1.807, 2.05) is 13.0 Å². The maximum Gasteiger partial charge on any atom is 0.172 e. The van der Waals surface area contributed by atoms with Crippen molar-refractivity contribution in [2.45, 2.75) is 58.8 Å². The largest absolute Gasteiger partial charge is 0.293 e. The van der Waals surface area contributed by atoms with Gasteiger partial charge in [0.15, 0.2) is 5.78 Å². The van der Waals surface area contributed by atoms with E-state index >= 15 is 0 Å². The third kappa shape index (κ3) is 5.35. The number of thiophene rings is 1. The first-order valence-electron chi connectivity index (χ1n) is 6.44. The first-order valence-corrected chi connectivity index (χ1v) is 8.05. The second-order valence-electron chi connectivity index (χ2n) is 4.51. The Kier molecular flexibility index (Phi) is 7.05. The van der Waals surface area contributed by atoms with Crippen molar-refractivity contribution in [1.82, 2.24) is 0 Å². The fourth-order valence-electron chi connectivity index (χ4n) is 1.79. The summed E-state index contributed by atoms with van der Waals surface area (Å²) in [5.74, 6) is 0.305. The molecule has 0 saturated heterocycles. The number of carbonyl (C=O) groups excluding carboxylic acids is 1. The van der Waals surface area contributed by atoms with Gasteiger partial charge in [0.2, 0.25) is 0 Å². The zero-order valence-corrected chi connectivity index (χ0v) is 13.1. The van der Waals surface area contributed by atoms with Gasteiger partial charge in [-0.25, -0.2) is 0 Å². The van der Waals surface area contributed by atoms with Gasteiger partial charge in [-0.15, -0.1) is 11.3 Å². The second kappa shape index (κ2) is 8.04. The summed E-state index contributed by atoms with van der Waals surface area (Å²) in [6.07, 6.45) is 8.13. The predicted octanol–water partition coefficient (Wildman–Crippen LogP) is 5.75. The van der Waals surface area contributed by atoms with Crippen molar-refractivity contribution >= 4 is 33.0 Å². The van der Waals surface area contributed by atoms with Gasteiger partial charge in [-0.3, -0.25) is 4.79 Å². The zero-order valence-electron chi connectivity index (χ0n) is 10.7. The number of carbonyl (C=O) groups is 1. The fourth-order valence-corrected chi connectivity index (χ4v) is 3.29. The van der Waals surface area contributed by atoms with E-state index in [1.165, 1.54) is 37.7 Å². The van der Waals surface area contributed by atoms with E-state index in [4.69, 9.17) is 0 Å². The van der Waals surface area contributed by atoms with Crippen molar-refractivity contribution in [3.05, 3.63) is 20.3 Å². The topological polar surface area (TPSA) is 17.1 Å². The molecule has 0 aliphatic carbocycles. The monoisotopic (exact) mass is 316 g/mol. The predicted molar refractivity (Wildman–Crippen MR) is 79.1 cm³/mol. The molecule has 0 N–H and O–H groups in total. The molecular weight excluding hydrogens is 296 g/mol. The molecule has 1 nitrogen and oxygen atoms in total. The molecule has 0 fully saturated rings. The Balaban J connectivity index is 2.21. The lowest BCUT2D eigenvalue weighted by molar-refractivity contribution is 0.0983. The number of halogens is 1. The summed E-state index contributed by atoms with van der Waals surface area (Å²) < 4.78 is 1.09. The number of hydrogen-bond acceptors (Lipinski definition) is 2. The summed E-state index contributed by atoms with van der Waals surface area (Å²) >= 11 is 5.02. The lowest BCUT2D eigenvalue weighted by atomic mass is 10.1. The Morgan fingerprint density at radius 3 is 2.47 bits per heavy atom. The Hall–Kier alpha value is -0.150. The third-order valence-electron chi connectivity index (χ3n) is 2.89. The molecule has 1 rings (SSSR count). The van der Waals surface area contributed by atoms with Gasteiger partial charge < -0.3 is 0 Å². The van der Waals surface area contributed by atoms with Crippen molar-refractivity contribution < 1.29 is 4.79 Å². The molecule has 0 radical (unpaired) electrons. The van der Waals surface area contributed by atoms with Crippen molar-refractivity contribution in [2.75, 3.05) is 0 Å². The van der Waals surface area contributed by atoms with Crippen molar-refractivity contribution in [3.8, 4) is 0 Å². The molecule has 3 heteroatoms. The van der Waals surface area contributed by atoms with Gasteiger partial charge in [-0.2, -0.15) is 0 Å². The van der Waals surface area contributed by atoms with Crippen molar-refractivity contribution in [1.29, 1.82) is 0 Å². The smallest absolute Gasteiger partial charge is 0.172 e. The van der Waals surface area contributed by atoms with E-state index in [9.17, 15) is 4.79 Å². The van der Waals surface area contributed by atoms with Gasteiger partial charge in [0.1, 0.15) is 0 Å². The maximum absolute atomic E-state index is 11.9. The average molecular weight is 317 g/mol. The molecular formula is C14H21BrOS. The summed E-state index contributed by atoms with van der Waals surface area (Å²) in [5.41, 5.74) is 1.17. The molecule has 0 unspecified atom stereocenters. The standard InChI is InChI=1S/C14H21BrOS/c1-3-4-5-6-7-8-9-12(16)13-10-11(2)14(15)17-13/h10H,3-9H2,1-2H3. The van der Waals surface area contributed by atoms with Gasteiger partial charge in [0.05, 0.1) is 8.66 Å². The van der Waals surface area contributed by atoms with Crippen LogP contribution in [-0.2, 0) is 0 Å². The molecule has 17 heavy (non-hydrogen) atoms. The molecule has 0 atom stereocenters. The van der Waals surface area contributed by atoms with Crippen LogP contribution in [0.1, 0.15) is 67.1 Å². The summed E-state index contributed by atoms with van der Waals surface area (Å²) in [4.78, 5) is 12.8. The summed E-state index contributed by atoms with van der Waals surface area (Å²) in [7, 11) is 0. The molecule has 1 heterocycles. The van der Waals surface area contributed by atoms with Crippen LogP contribution in [-0.4, -0.2) is 5.78 Å². The molecule has 0 aromatic carbocycles. The quantitative estimate of drug-likeness (QED) is 0.440. The molecule has 96 valence electrons. The number of aryl methyl sites for hydroxylation is 1. The van der Waals surface area contributed by atoms with Gasteiger partial charge >= 0.3 is 0 Å². The lowest BCUT2D eigenvalue weighted by Crippen LogP contribution is -1.95. The van der Waals surface area contributed by atoms with Crippen LogP contribution < -0.4 is 0 Å². The van der Waals surface area contributed by atoms with Crippen LogP contribution in [0.25, 0.3) is 0 Å². The molecule has 0 amide bonds. The van der Waals surface area contributed by atoms with Crippen LogP contribution >= 0.6 is 27.3 Å². The van der Waals surface area contributed by atoms with E-state index in [1.54, 1.807) is 11.3 Å². The summed E-state index contributed by atoms with van der Waals surface area (Å²) in [6.45, 7) is 4.25. The van der Waals surface area contributed by atoms with Crippen molar-refractivity contribution in [3.63, 3.8) is 0 Å². The minimum absolute atomic E-state index is 0.305. The second-order valence-corrected chi connectivity index (χ2v) is 6.88. The van der Waals surface area contributed by atoms with Crippen LogP contribution in [0, 0.1) is 6.92 Å². The molecule has 0 bridgehead atoms. The molecule has 1 aromatic rings. The molecule has 0 aliphatic heterocycles. The van der Waals surface area contributed by atoms with E-state index in [2.05, 4.69) is 22.9 Å². The zero-order chi connectivity index (χ0) is 12.7. The Morgan fingerprint density at radius 2 is 1.88 bits per heavy atom. The highest BCUT2D eigenvalue weighted by atomic mass is 79.9. The summed E-state index contributed by atoms with van der Waals surface area (Å²) in [5, 5.41) is 0. The minimum atomic E-state index is 0.305. The van der Waals surface area contributed by atoms with Crippen molar-refractivity contribution in [2.24, 2.45) is 0 Å². The highest BCUT2D eigenvalue weighted by Crippen LogP contribution is 2.28. The number of hydrogen-bond donors (Lipinski definition) is 0.